The van der Waals surface area contributed by atoms with Crippen molar-refractivity contribution in [1.29, 1.82) is 0 Å². The van der Waals surface area contributed by atoms with Crippen molar-refractivity contribution in [2.45, 2.75) is 97.6 Å². The summed E-state index contributed by atoms with van der Waals surface area (Å²) in [6.45, 7) is 9.58. The molecule has 0 aromatic heterocycles. The van der Waals surface area contributed by atoms with Gasteiger partial charge in [0.1, 0.15) is 24.4 Å². The number of cyclic esters (lactones) is 1. The van der Waals surface area contributed by atoms with Crippen molar-refractivity contribution >= 4 is 18.0 Å². The number of aliphatic hydroxyl groups is 2. The topological polar surface area (TPSA) is 148 Å². The average molecular weight is 585 g/mol. The number of aliphatic hydroxyl groups excluding tert-OH is 2. The van der Waals surface area contributed by atoms with Gasteiger partial charge in [-0.3, -0.25) is 4.79 Å². The van der Waals surface area contributed by atoms with E-state index >= 15 is 0 Å². The van der Waals surface area contributed by atoms with Crippen LogP contribution in [0.5, 0.6) is 0 Å². The zero-order valence-electron chi connectivity index (χ0n) is 25.5. The number of nitrogens with two attached hydrogens (primary N) is 1. The molecule has 232 valence electrons. The SMILES string of the molecule is CC(C)=CC(=O)N/C=C/C(C)=C/[C@@H](C)[C@H]1C/C(C)=C/C=C/CCC[C@H](OC(N)=O)[C@H](O)[C@@H](O)/C=C/CC/C=C/C(=O)O1. The van der Waals surface area contributed by atoms with Gasteiger partial charge in [0.2, 0.25) is 5.91 Å². The molecule has 5 N–H and O–H groups in total. The predicted molar refractivity (Wildman–Crippen MR) is 165 cm³/mol. The molecule has 0 saturated heterocycles. The Labute approximate surface area is 250 Å². The van der Waals surface area contributed by atoms with Gasteiger partial charge < -0.3 is 30.7 Å². The quantitative estimate of drug-likeness (QED) is 0.145. The Kier molecular flexibility index (Phi) is 17.5. The van der Waals surface area contributed by atoms with Gasteiger partial charge in [0, 0.05) is 30.7 Å². The van der Waals surface area contributed by atoms with E-state index in [0.717, 1.165) is 16.7 Å². The largest absolute Gasteiger partial charge is 0.458 e. The van der Waals surface area contributed by atoms with Crippen LogP contribution >= 0.6 is 0 Å². The molecule has 0 fully saturated rings. The number of allylic oxidation sites excluding steroid dienone is 8. The summed E-state index contributed by atoms with van der Waals surface area (Å²) in [7, 11) is 0. The van der Waals surface area contributed by atoms with Crippen molar-refractivity contribution < 1.29 is 34.1 Å². The fourth-order valence-electron chi connectivity index (χ4n) is 4.20. The lowest BCUT2D eigenvalue weighted by atomic mass is 9.95. The second kappa shape index (κ2) is 20.2. The van der Waals surface area contributed by atoms with Gasteiger partial charge in [-0.2, -0.15) is 0 Å². The first-order valence-corrected chi connectivity index (χ1v) is 14.4. The first-order valence-electron chi connectivity index (χ1n) is 14.4. The number of esters is 1. The van der Waals surface area contributed by atoms with E-state index in [1.807, 2.05) is 58.9 Å². The minimum Gasteiger partial charge on any atom is -0.458 e. The fraction of sp³-hybridized carbons (Fsp3) is 0.485. The molecule has 9 nitrogen and oxygen atoms in total. The zero-order valence-corrected chi connectivity index (χ0v) is 25.5. The summed E-state index contributed by atoms with van der Waals surface area (Å²) in [6.07, 6.45) is 17.2. The van der Waals surface area contributed by atoms with E-state index in [1.54, 1.807) is 24.4 Å². The molecule has 1 heterocycles. The monoisotopic (exact) mass is 584 g/mol. The van der Waals surface area contributed by atoms with Gasteiger partial charge in [-0.15, -0.1) is 0 Å². The maximum absolute atomic E-state index is 12.6. The zero-order chi connectivity index (χ0) is 31.5. The van der Waals surface area contributed by atoms with E-state index in [9.17, 15) is 24.6 Å². The minimum absolute atomic E-state index is 0.108. The first kappa shape index (κ1) is 36.3. The Balaban J connectivity index is 3.06. The van der Waals surface area contributed by atoms with Gasteiger partial charge in [-0.25, -0.2) is 9.59 Å². The van der Waals surface area contributed by atoms with Gasteiger partial charge in [-0.1, -0.05) is 66.2 Å². The Hall–Kier alpha value is -3.69. The molecule has 0 bridgehead atoms. The Morgan fingerprint density at radius 2 is 1.86 bits per heavy atom. The molecule has 2 amide bonds. The molecule has 0 aliphatic carbocycles. The maximum Gasteiger partial charge on any atom is 0.404 e. The normalized spacial score (nSPS) is 27.8. The Morgan fingerprint density at radius 3 is 2.55 bits per heavy atom. The highest BCUT2D eigenvalue weighted by atomic mass is 16.6. The average Bonchev–Trinajstić information content (AvgIpc) is 2.89. The van der Waals surface area contributed by atoms with Crippen molar-refractivity contribution in [3.8, 4) is 0 Å². The molecule has 0 spiro atoms. The molecule has 1 rings (SSSR count). The van der Waals surface area contributed by atoms with Crippen LogP contribution in [0.1, 0.15) is 73.1 Å². The third-order valence-corrected chi connectivity index (χ3v) is 6.36. The first-order chi connectivity index (χ1) is 19.9. The molecule has 1 aliphatic heterocycles. The molecule has 42 heavy (non-hydrogen) atoms. The number of amides is 2. The van der Waals surface area contributed by atoms with Crippen LogP contribution in [0.25, 0.3) is 0 Å². The highest BCUT2D eigenvalue weighted by Gasteiger charge is 2.27. The van der Waals surface area contributed by atoms with E-state index < -0.39 is 36.5 Å². The van der Waals surface area contributed by atoms with E-state index in [4.69, 9.17) is 15.2 Å². The molecule has 0 unspecified atom stereocenters. The lowest BCUT2D eigenvalue weighted by molar-refractivity contribution is -0.144. The van der Waals surface area contributed by atoms with Crippen LogP contribution in [0.3, 0.4) is 0 Å². The predicted octanol–water partition coefficient (Wildman–Crippen LogP) is 5.23. The van der Waals surface area contributed by atoms with Crippen LogP contribution in [0.4, 0.5) is 4.79 Å². The lowest BCUT2D eigenvalue weighted by Crippen LogP contribution is -2.40. The van der Waals surface area contributed by atoms with Gasteiger partial charge in [-0.05, 0) is 65.9 Å². The van der Waals surface area contributed by atoms with Gasteiger partial charge in [0.25, 0.3) is 0 Å². The number of hydrogen-bond donors (Lipinski definition) is 4. The molecule has 9 heteroatoms. The standard InChI is InChI=1S/C33H48N2O7/c1-23(2)20-30(37)35-19-18-25(4)21-26(5)29-22-24(3)14-10-6-8-12-16-28(42-33(34)40)32(39)27(36)15-11-7-9-13-17-31(38)41-29/h6,10-11,13-15,17-21,26-29,32,36,39H,7-9,12,16,22H2,1-5H3,(H2,34,40)(H,35,37)/b10-6+,15-11+,17-13+,19-18+,24-14+,25-21+/t26-,27+,28+,29-,32-/m1/s1. The number of carbonyl (C=O) groups excluding carboxylic acids is 3. The molecular weight excluding hydrogens is 536 g/mol. The van der Waals surface area contributed by atoms with Crippen molar-refractivity contribution in [2.24, 2.45) is 11.7 Å². The van der Waals surface area contributed by atoms with E-state index in [-0.39, 0.29) is 11.8 Å². The van der Waals surface area contributed by atoms with E-state index in [2.05, 4.69) is 5.32 Å². The third-order valence-electron chi connectivity index (χ3n) is 6.36. The summed E-state index contributed by atoms with van der Waals surface area (Å²) in [5.41, 5.74) is 8.00. The molecule has 0 aromatic carbocycles. The van der Waals surface area contributed by atoms with Gasteiger partial charge in [0.05, 0.1) is 0 Å². The van der Waals surface area contributed by atoms with Crippen LogP contribution < -0.4 is 11.1 Å². The van der Waals surface area contributed by atoms with E-state index in [0.29, 0.717) is 38.5 Å². The summed E-state index contributed by atoms with van der Waals surface area (Å²) in [4.78, 5) is 35.8. The van der Waals surface area contributed by atoms with Crippen LogP contribution in [0.2, 0.25) is 0 Å². The van der Waals surface area contributed by atoms with Crippen molar-refractivity contribution in [1.82, 2.24) is 5.32 Å². The summed E-state index contributed by atoms with van der Waals surface area (Å²) in [5, 5.41) is 23.5. The molecule has 0 radical (unpaired) electrons. The second-order valence-electron chi connectivity index (χ2n) is 10.7. The fourth-order valence-corrected chi connectivity index (χ4v) is 4.20. The van der Waals surface area contributed by atoms with Crippen LogP contribution in [0.15, 0.2) is 83.7 Å². The highest BCUT2D eigenvalue weighted by molar-refractivity contribution is 5.88. The molecular formula is C33H48N2O7. The van der Waals surface area contributed by atoms with Crippen LogP contribution in [0, 0.1) is 5.92 Å². The second-order valence-corrected chi connectivity index (χ2v) is 10.7. The smallest absolute Gasteiger partial charge is 0.404 e. The number of primary amides is 1. The Morgan fingerprint density at radius 1 is 1.14 bits per heavy atom. The number of hydrogen-bond acceptors (Lipinski definition) is 7. The third kappa shape index (κ3) is 16.5. The minimum atomic E-state index is -1.32. The van der Waals surface area contributed by atoms with Gasteiger partial charge in [0.15, 0.2) is 0 Å². The number of carbonyl (C=O) groups is 3. The maximum atomic E-state index is 12.6. The van der Waals surface area contributed by atoms with Crippen LogP contribution in [-0.2, 0) is 19.1 Å². The molecule has 0 saturated carbocycles. The molecule has 0 aromatic rings. The summed E-state index contributed by atoms with van der Waals surface area (Å²) >= 11 is 0. The summed E-state index contributed by atoms with van der Waals surface area (Å²) in [6, 6.07) is 0. The molecule has 1 aliphatic rings. The van der Waals surface area contributed by atoms with Crippen molar-refractivity contribution in [2.75, 3.05) is 0 Å². The number of ether oxygens (including phenoxy) is 2. The highest BCUT2D eigenvalue weighted by Crippen LogP contribution is 2.21. The Bertz CT molecular complexity index is 1090. The summed E-state index contributed by atoms with van der Waals surface area (Å²) < 4.78 is 10.9. The van der Waals surface area contributed by atoms with Crippen molar-refractivity contribution in [3.63, 3.8) is 0 Å². The van der Waals surface area contributed by atoms with Gasteiger partial charge >= 0.3 is 12.1 Å². The number of nitrogens with one attached hydrogen (secondary N) is 1. The van der Waals surface area contributed by atoms with Crippen molar-refractivity contribution in [3.05, 3.63) is 83.7 Å². The van der Waals surface area contributed by atoms with Crippen LogP contribution in [-0.4, -0.2) is 52.6 Å². The lowest BCUT2D eigenvalue weighted by Gasteiger charge is -2.24. The molecule has 5 atom stereocenters. The number of rotatable bonds is 6. The van der Waals surface area contributed by atoms with E-state index in [1.165, 1.54) is 18.2 Å². The summed E-state index contributed by atoms with van der Waals surface area (Å²) in [5.74, 6) is -0.755.